The van der Waals surface area contributed by atoms with Gasteiger partial charge in [0.05, 0.1) is 6.10 Å². The third-order valence-electron chi connectivity index (χ3n) is 1.06. The van der Waals surface area contributed by atoms with Gasteiger partial charge in [0.2, 0.25) is 0 Å². The molecule has 4 heteroatoms. The summed E-state index contributed by atoms with van der Waals surface area (Å²) in [7, 11) is 0. The predicted molar refractivity (Wildman–Crippen MR) is 31.1 cm³/mol. The number of Topliss-reactive ketones (excluding diaryl/α,β-unsaturated/α-hetero) is 1. The first-order valence-corrected chi connectivity index (χ1v) is 2.67. The Morgan fingerprint density at radius 2 is 2.11 bits per heavy atom. The van der Waals surface area contributed by atoms with Gasteiger partial charge in [-0.25, -0.2) is 0 Å². The van der Waals surface area contributed by atoms with Crippen LogP contribution in [0.4, 0.5) is 0 Å². The molecule has 0 bridgehead atoms. The second-order valence-corrected chi connectivity index (χ2v) is 1.96. The highest BCUT2D eigenvalue weighted by Gasteiger charge is 2.17. The van der Waals surface area contributed by atoms with E-state index in [1.54, 1.807) is 5.48 Å². The highest BCUT2D eigenvalue weighted by molar-refractivity contribution is 5.81. The second-order valence-electron chi connectivity index (χ2n) is 1.96. The van der Waals surface area contributed by atoms with Crippen LogP contribution >= 0.6 is 0 Å². The molecule has 0 spiro atoms. The van der Waals surface area contributed by atoms with Crippen LogP contribution in [0.1, 0.15) is 13.8 Å². The molecule has 0 aliphatic rings. The van der Waals surface area contributed by atoms with Crippen molar-refractivity contribution < 1.29 is 15.1 Å². The number of carbonyl (C=O) groups is 1. The van der Waals surface area contributed by atoms with Gasteiger partial charge in [0.25, 0.3) is 0 Å². The van der Waals surface area contributed by atoms with E-state index in [4.69, 9.17) is 10.3 Å². The molecule has 0 aromatic rings. The molecule has 9 heavy (non-hydrogen) atoms. The van der Waals surface area contributed by atoms with Crippen LogP contribution < -0.4 is 5.48 Å². The summed E-state index contributed by atoms with van der Waals surface area (Å²) in [6.45, 7) is 2.72. The van der Waals surface area contributed by atoms with Gasteiger partial charge in [0.15, 0.2) is 5.78 Å². The van der Waals surface area contributed by atoms with Crippen molar-refractivity contribution in [3.63, 3.8) is 0 Å². The third-order valence-corrected chi connectivity index (χ3v) is 1.06. The molecule has 2 atom stereocenters. The molecule has 0 rings (SSSR count). The topological polar surface area (TPSA) is 69.6 Å². The summed E-state index contributed by atoms with van der Waals surface area (Å²) in [6, 6.07) is -0.856. The van der Waals surface area contributed by atoms with Crippen molar-refractivity contribution in [2.45, 2.75) is 26.0 Å². The molecule has 54 valence electrons. The number of hydroxylamine groups is 1. The molecule has 0 aliphatic carbocycles. The zero-order chi connectivity index (χ0) is 7.44. The van der Waals surface area contributed by atoms with Gasteiger partial charge < -0.3 is 10.3 Å². The summed E-state index contributed by atoms with van der Waals surface area (Å²) < 4.78 is 0. The van der Waals surface area contributed by atoms with Crippen molar-refractivity contribution in [1.82, 2.24) is 5.48 Å². The fourth-order valence-electron chi connectivity index (χ4n) is 0.538. The van der Waals surface area contributed by atoms with Crippen molar-refractivity contribution >= 4 is 5.78 Å². The maximum absolute atomic E-state index is 10.4. The maximum Gasteiger partial charge on any atom is 0.151 e. The molecule has 3 N–H and O–H groups in total. The Morgan fingerprint density at radius 1 is 1.67 bits per heavy atom. The molecule has 0 fully saturated rings. The first kappa shape index (κ1) is 8.55. The predicted octanol–water partition coefficient (Wildman–Crippen LogP) is -0.696. The summed E-state index contributed by atoms with van der Waals surface area (Å²) in [5.74, 6) is -0.285. The van der Waals surface area contributed by atoms with Crippen LogP contribution in [0, 0.1) is 0 Å². The summed E-state index contributed by atoms with van der Waals surface area (Å²) in [4.78, 5) is 10.4. The molecular formula is C5H11NO3. The lowest BCUT2D eigenvalue weighted by atomic mass is 10.1. The zero-order valence-electron chi connectivity index (χ0n) is 5.46. The standard InChI is InChI=1S/C5H11NO3/c1-3(7)5(6-9)4(2)8/h3,5-7,9H,1-2H3/t3-,5+/m0/s1. The molecule has 0 unspecified atom stereocenters. The van der Waals surface area contributed by atoms with Crippen LogP contribution in [0.25, 0.3) is 0 Å². The molecular weight excluding hydrogens is 122 g/mol. The molecule has 0 saturated carbocycles. The van der Waals surface area contributed by atoms with Gasteiger partial charge in [-0.1, -0.05) is 0 Å². The average Bonchev–Trinajstić information content (AvgIpc) is 1.64. The van der Waals surface area contributed by atoms with E-state index in [2.05, 4.69) is 0 Å². The third kappa shape index (κ3) is 2.55. The Kier molecular flexibility index (Phi) is 3.37. The molecule has 0 heterocycles. The highest BCUT2D eigenvalue weighted by atomic mass is 16.5. The van der Waals surface area contributed by atoms with Crippen LogP contribution in [0.3, 0.4) is 0 Å². The average molecular weight is 133 g/mol. The number of rotatable bonds is 3. The van der Waals surface area contributed by atoms with E-state index >= 15 is 0 Å². The van der Waals surface area contributed by atoms with E-state index in [1.807, 2.05) is 0 Å². The van der Waals surface area contributed by atoms with Crippen molar-refractivity contribution in [1.29, 1.82) is 0 Å². The van der Waals surface area contributed by atoms with E-state index in [1.165, 1.54) is 13.8 Å². The molecule has 0 amide bonds. The van der Waals surface area contributed by atoms with Crippen LogP contribution in [-0.4, -0.2) is 28.2 Å². The number of carbonyl (C=O) groups excluding carboxylic acids is 1. The minimum Gasteiger partial charge on any atom is -0.391 e. The van der Waals surface area contributed by atoms with Crippen LogP contribution in [0.5, 0.6) is 0 Å². The zero-order valence-corrected chi connectivity index (χ0v) is 5.46. The molecule has 0 saturated heterocycles. The number of hydrogen-bond donors (Lipinski definition) is 3. The van der Waals surface area contributed by atoms with Gasteiger partial charge in [-0.05, 0) is 13.8 Å². The van der Waals surface area contributed by atoms with Crippen LogP contribution in [-0.2, 0) is 4.79 Å². The number of aliphatic hydroxyl groups excluding tert-OH is 1. The largest absolute Gasteiger partial charge is 0.391 e. The lowest BCUT2D eigenvalue weighted by Crippen LogP contribution is -2.41. The van der Waals surface area contributed by atoms with E-state index < -0.39 is 12.1 Å². The van der Waals surface area contributed by atoms with Crippen LogP contribution in [0.2, 0.25) is 0 Å². The Morgan fingerprint density at radius 3 is 2.11 bits per heavy atom. The smallest absolute Gasteiger partial charge is 0.151 e. The van der Waals surface area contributed by atoms with Crippen molar-refractivity contribution in [2.75, 3.05) is 0 Å². The van der Waals surface area contributed by atoms with Gasteiger partial charge in [-0.2, -0.15) is 5.48 Å². The summed E-state index contributed by atoms with van der Waals surface area (Å²) >= 11 is 0. The molecule has 0 aromatic heterocycles. The lowest BCUT2D eigenvalue weighted by molar-refractivity contribution is -0.124. The summed E-state index contributed by atoms with van der Waals surface area (Å²) in [5.41, 5.74) is 1.70. The van der Waals surface area contributed by atoms with Gasteiger partial charge in [0, 0.05) is 0 Å². The number of aliphatic hydroxyl groups is 1. The first-order chi connectivity index (χ1) is 4.09. The second kappa shape index (κ2) is 3.55. The fourth-order valence-corrected chi connectivity index (χ4v) is 0.538. The quantitative estimate of drug-likeness (QED) is 0.445. The minimum absolute atomic E-state index is 0.285. The summed E-state index contributed by atoms with van der Waals surface area (Å²) in [5, 5.41) is 17.0. The van der Waals surface area contributed by atoms with E-state index in [0.29, 0.717) is 0 Å². The normalized spacial score (nSPS) is 16.9. The first-order valence-electron chi connectivity index (χ1n) is 2.67. The number of ketones is 1. The van der Waals surface area contributed by atoms with Gasteiger partial charge >= 0.3 is 0 Å². The Labute approximate surface area is 53.5 Å². The maximum atomic E-state index is 10.4. The molecule has 0 aromatic carbocycles. The van der Waals surface area contributed by atoms with Crippen molar-refractivity contribution in [2.24, 2.45) is 0 Å². The molecule has 4 nitrogen and oxygen atoms in total. The number of hydrogen-bond acceptors (Lipinski definition) is 4. The molecule has 0 aliphatic heterocycles. The fraction of sp³-hybridized carbons (Fsp3) is 0.800. The van der Waals surface area contributed by atoms with E-state index in [0.717, 1.165) is 0 Å². The molecule has 0 radical (unpaired) electrons. The van der Waals surface area contributed by atoms with Crippen molar-refractivity contribution in [3.05, 3.63) is 0 Å². The SMILES string of the molecule is CC(=O)[C@H](NO)[C@H](C)O. The van der Waals surface area contributed by atoms with Crippen molar-refractivity contribution in [3.8, 4) is 0 Å². The monoisotopic (exact) mass is 133 g/mol. The van der Waals surface area contributed by atoms with E-state index in [9.17, 15) is 4.79 Å². The van der Waals surface area contributed by atoms with Crippen LogP contribution in [0.15, 0.2) is 0 Å². The van der Waals surface area contributed by atoms with Gasteiger partial charge in [0.1, 0.15) is 6.04 Å². The highest BCUT2D eigenvalue weighted by Crippen LogP contribution is 1.91. The summed E-state index contributed by atoms with van der Waals surface area (Å²) in [6.07, 6.45) is -0.854. The lowest BCUT2D eigenvalue weighted by Gasteiger charge is -2.13. The van der Waals surface area contributed by atoms with Gasteiger partial charge in [-0.15, -0.1) is 0 Å². The Balaban J connectivity index is 3.83. The Bertz CT molecular complexity index is 102. The van der Waals surface area contributed by atoms with Gasteiger partial charge in [-0.3, -0.25) is 4.79 Å². The Hall–Kier alpha value is -0.450. The minimum atomic E-state index is -0.856. The number of nitrogens with one attached hydrogen (secondary N) is 1. The van der Waals surface area contributed by atoms with E-state index in [-0.39, 0.29) is 5.78 Å².